The zero-order valence-corrected chi connectivity index (χ0v) is 9.09. The van der Waals surface area contributed by atoms with Crippen LogP contribution in [0.1, 0.15) is 32.1 Å². The van der Waals surface area contributed by atoms with Crippen LogP contribution in [0.4, 0.5) is 0 Å². The molecule has 14 heavy (non-hydrogen) atoms. The van der Waals surface area contributed by atoms with Crippen molar-refractivity contribution in [2.75, 3.05) is 12.3 Å². The molecule has 82 valence electrons. The van der Waals surface area contributed by atoms with Gasteiger partial charge in [-0.1, -0.05) is 12.8 Å². The Labute approximate surface area is 85.5 Å². The zero-order valence-electron chi connectivity index (χ0n) is 8.28. The van der Waals surface area contributed by atoms with Gasteiger partial charge in [0.05, 0.1) is 5.75 Å². The minimum absolute atomic E-state index is 0.0385. The molecule has 0 spiro atoms. The van der Waals surface area contributed by atoms with Crippen molar-refractivity contribution in [1.29, 1.82) is 0 Å². The average Bonchev–Trinajstić information content (AvgIpc) is 2.47. The van der Waals surface area contributed by atoms with Gasteiger partial charge in [-0.15, -0.1) is 6.04 Å². The fraction of sp³-hybridized carbons (Fsp3) is 1.00. The Bertz CT molecular complexity index is 294. The van der Waals surface area contributed by atoms with E-state index in [2.05, 4.69) is 0 Å². The van der Waals surface area contributed by atoms with Gasteiger partial charge in [0.25, 0.3) is 0 Å². The van der Waals surface area contributed by atoms with E-state index in [0.29, 0.717) is 12.3 Å². The third kappa shape index (κ3) is 1.94. The minimum Gasteiger partial charge on any atom is -0.675 e. The van der Waals surface area contributed by atoms with Crippen LogP contribution in [0, 0.1) is 0 Å². The molecule has 0 amide bonds. The van der Waals surface area contributed by atoms with Crippen molar-refractivity contribution in [2.24, 2.45) is 0 Å². The molecule has 1 saturated carbocycles. The normalized spacial score (nSPS) is 38.6. The van der Waals surface area contributed by atoms with Crippen molar-refractivity contribution in [3.8, 4) is 0 Å². The zero-order chi connectivity index (χ0) is 10.2. The van der Waals surface area contributed by atoms with Crippen molar-refractivity contribution in [3.63, 3.8) is 0 Å². The summed E-state index contributed by atoms with van der Waals surface area (Å²) < 4.78 is 24.9. The van der Waals surface area contributed by atoms with E-state index in [-0.39, 0.29) is 12.1 Å². The standard InChI is InChI=1S/C9H17N2O2S/c10-8-2-4-9(5-3-8)11-6-1-7-14(11,12)13/h8-10H,1-7H2/q-1. The summed E-state index contributed by atoms with van der Waals surface area (Å²) in [7, 11) is -2.93. The van der Waals surface area contributed by atoms with Crippen molar-refractivity contribution < 1.29 is 8.42 Å². The number of rotatable bonds is 1. The number of nitrogens with zero attached hydrogens (tertiary/aromatic N) is 1. The van der Waals surface area contributed by atoms with Crippen molar-refractivity contribution >= 4 is 10.0 Å². The van der Waals surface area contributed by atoms with Gasteiger partial charge in [-0.25, -0.2) is 8.42 Å². The highest BCUT2D eigenvalue weighted by Gasteiger charge is 2.34. The molecule has 0 atom stereocenters. The molecule has 4 nitrogen and oxygen atoms in total. The first-order valence-electron chi connectivity index (χ1n) is 5.30. The van der Waals surface area contributed by atoms with Crippen molar-refractivity contribution in [1.82, 2.24) is 4.31 Å². The Morgan fingerprint density at radius 3 is 2.29 bits per heavy atom. The molecule has 5 heteroatoms. The van der Waals surface area contributed by atoms with Crippen LogP contribution in [0.15, 0.2) is 0 Å². The van der Waals surface area contributed by atoms with Crippen LogP contribution in [0.25, 0.3) is 5.73 Å². The lowest BCUT2D eigenvalue weighted by molar-refractivity contribution is 0.262. The minimum atomic E-state index is -2.93. The quantitative estimate of drug-likeness (QED) is 0.666. The maximum absolute atomic E-state index is 11.6. The molecule has 1 N–H and O–H groups in total. The molecule has 1 aliphatic carbocycles. The largest absolute Gasteiger partial charge is 0.675 e. The van der Waals surface area contributed by atoms with Gasteiger partial charge in [-0.3, -0.25) is 0 Å². The molecule has 0 aromatic rings. The lowest BCUT2D eigenvalue weighted by atomic mass is 9.92. The van der Waals surface area contributed by atoms with Crippen LogP contribution >= 0.6 is 0 Å². The first kappa shape index (κ1) is 10.4. The van der Waals surface area contributed by atoms with Crippen LogP contribution in [-0.4, -0.2) is 37.1 Å². The summed E-state index contributed by atoms with van der Waals surface area (Å²) in [5.74, 6) is 0.327. The van der Waals surface area contributed by atoms with Gasteiger partial charge in [0, 0.05) is 12.6 Å². The van der Waals surface area contributed by atoms with E-state index in [1.807, 2.05) is 0 Å². The summed E-state index contributed by atoms with van der Waals surface area (Å²) >= 11 is 0. The monoisotopic (exact) mass is 217 g/mol. The molecule has 0 aromatic carbocycles. The Morgan fingerprint density at radius 2 is 1.79 bits per heavy atom. The van der Waals surface area contributed by atoms with E-state index in [9.17, 15) is 8.42 Å². The highest BCUT2D eigenvalue weighted by atomic mass is 32.2. The van der Waals surface area contributed by atoms with Gasteiger partial charge in [0.2, 0.25) is 10.0 Å². The molecule has 1 aliphatic heterocycles. The smallest absolute Gasteiger partial charge is 0.214 e. The third-order valence-electron chi connectivity index (χ3n) is 3.24. The van der Waals surface area contributed by atoms with E-state index in [0.717, 1.165) is 32.1 Å². The molecule has 0 radical (unpaired) electrons. The Kier molecular flexibility index (Phi) is 2.81. The van der Waals surface area contributed by atoms with E-state index < -0.39 is 10.0 Å². The molecular formula is C9H17N2O2S-. The predicted octanol–water partition coefficient (Wildman–Crippen LogP) is 1.39. The summed E-state index contributed by atoms with van der Waals surface area (Å²) in [6, 6.07) is 0.237. The lowest BCUT2D eigenvalue weighted by Gasteiger charge is -2.35. The molecular weight excluding hydrogens is 200 g/mol. The Balaban J connectivity index is 2.02. The molecule has 2 fully saturated rings. The number of nitrogens with one attached hydrogen (secondary N) is 1. The molecule has 2 rings (SSSR count). The van der Waals surface area contributed by atoms with Crippen LogP contribution in [0.2, 0.25) is 0 Å². The number of sulfonamides is 1. The topological polar surface area (TPSA) is 61.2 Å². The first-order valence-corrected chi connectivity index (χ1v) is 6.91. The maximum atomic E-state index is 11.6. The Morgan fingerprint density at radius 1 is 1.14 bits per heavy atom. The Hall–Kier alpha value is -0.130. The summed E-state index contributed by atoms with van der Waals surface area (Å²) in [4.78, 5) is 0. The van der Waals surface area contributed by atoms with Gasteiger partial charge in [0.1, 0.15) is 0 Å². The predicted molar refractivity (Wildman–Crippen MR) is 55.5 cm³/mol. The second kappa shape index (κ2) is 3.79. The average molecular weight is 217 g/mol. The van der Waals surface area contributed by atoms with Gasteiger partial charge in [-0.05, 0) is 19.3 Å². The van der Waals surface area contributed by atoms with Crippen LogP contribution in [0.5, 0.6) is 0 Å². The fourth-order valence-electron chi connectivity index (χ4n) is 2.43. The fourth-order valence-corrected chi connectivity index (χ4v) is 4.23. The number of hydrogen-bond acceptors (Lipinski definition) is 2. The molecule has 0 aromatic heterocycles. The number of hydrogen-bond donors (Lipinski definition) is 0. The third-order valence-corrected chi connectivity index (χ3v) is 5.24. The van der Waals surface area contributed by atoms with Gasteiger partial charge in [-0.2, -0.15) is 4.31 Å². The SMILES string of the molecule is [NH-]C1CCC(N2CCCS2(=O)=O)CC1. The highest BCUT2D eigenvalue weighted by molar-refractivity contribution is 7.89. The molecule has 1 saturated heterocycles. The summed E-state index contributed by atoms with van der Waals surface area (Å²) in [6.45, 7) is 0.704. The van der Waals surface area contributed by atoms with E-state index in [1.54, 1.807) is 4.31 Å². The van der Waals surface area contributed by atoms with E-state index in [1.165, 1.54) is 0 Å². The van der Waals surface area contributed by atoms with Crippen molar-refractivity contribution in [2.45, 2.75) is 44.2 Å². The van der Waals surface area contributed by atoms with E-state index >= 15 is 0 Å². The van der Waals surface area contributed by atoms with Crippen LogP contribution < -0.4 is 0 Å². The second-order valence-corrected chi connectivity index (χ2v) is 6.33. The lowest BCUT2D eigenvalue weighted by Crippen LogP contribution is -2.39. The summed E-state index contributed by atoms with van der Waals surface area (Å²) in [5.41, 5.74) is 7.56. The van der Waals surface area contributed by atoms with E-state index in [4.69, 9.17) is 5.73 Å². The maximum Gasteiger partial charge on any atom is 0.214 e. The molecule has 1 heterocycles. The molecule has 0 bridgehead atoms. The van der Waals surface area contributed by atoms with Crippen LogP contribution in [-0.2, 0) is 10.0 Å². The van der Waals surface area contributed by atoms with Gasteiger partial charge < -0.3 is 5.73 Å². The second-order valence-electron chi connectivity index (χ2n) is 4.29. The molecule has 0 unspecified atom stereocenters. The van der Waals surface area contributed by atoms with Gasteiger partial charge >= 0.3 is 0 Å². The highest BCUT2D eigenvalue weighted by Crippen LogP contribution is 2.29. The summed E-state index contributed by atoms with van der Waals surface area (Å²) in [6.07, 6.45) is 4.26. The van der Waals surface area contributed by atoms with Crippen molar-refractivity contribution in [3.05, 3.63) is 5.73 Å². The first-order chi connectivity index (χ1) is 6.59. The molecule has 2 aliphatic rings. The van der Waals surface area contributed by atoms with Crippen LogP contribution in [0.3, 0.4) is 0 Å². The van der Waals surface area contributed by atoms with Gasteiger partial charge in [0.15, 0.2) is 0 Å². The summed E-state index contributed by atoms with van der Waals surface area (Å²) in [5, 5.41) is 0.